The number of hydrogen-bond acceptors (Lipinski definition) is 5. The zero-order chi connectivity index (χ0) is 21.7. The molecule has 0 aliphatic carbocycles. The standard InChI is InChI=1S/C22H29N3O4S/c1-17(2)25(15-18-6-4-12-23-14-18)22(26)19-7-5-13-24(16-19)30(27,28)21-10-8-20(29-3)9-11-21/h4,6,8-12,14,17,19H,5,7,13,15-16H2,1-3H3. The number of nitrogens with zero attached hydrogens (tertiary/aromatic N) is 3. The van der Waals surface area contributed by atoms with Gasteiger partial charge in [0.2, 0.25) is 15.9 Å². The van der Waals surface area contributed by atoms with Crippen molar-refractivity contribution < 1.29 is 17.9 Å². The van der Waals surface area contributed by atoms with E-state index < -0.39 is 10.0 Å². The lowest BCUT2D eigenvalue weighted by molar-refractivity contribution is -0.139. The fourth-order valence-electron chi connectivity index (χ4n) is 3.70. The molecular formula is C22H29N3O4S. The van der Waals surface area contributed by atoms with Crippen LogP contribution in [0.4, 0.5) is 0 Å². The summed E-state index contributed by atoms with van der Waals surface area (Å²) in [6.45, 7) is 5.03. The molecule has 162 valence electrons. The third-order valence-corrected chi connectivity index (χ3v) is 7.29. The van der Waals surface area contributed by atoms with Crippen molar-refractivity contribution in [2.45, 2.75) is 44.2 Å². The quantitative estimate of drug-likeness (QED) is 0.673. The predicted octanol–water partition coefficient (Wildman–Crippen LogP) is 2.93. The summed E-state index contributed by atoms with van der Waals surface area (Å²) >= 11 is 0. The van der Waals surface area contributed by atoms with Crippen LogP contribution >= 0.6 is 0 Å². The highest BCUT2D eigenvalue weighted by atomic mass is 32.2. The Balaban J connectivity index is 1.75. The maximum absolute atomic E-state index is 13.3. The Morgan fingerprint density at radius 3 is 2.60 bits per heavy atom. The number of pyridine rings is 1. The maximum Gasteiger partial charge on any atom is 0.243 e. The Morgan fingerprint density at radius 1 is 1.27 bits per heavy atom. The highest BCUT2D eigenvalue weighted by molar-refractivity contribution is 7.89. The molecule has 0 N–H and O–H groups in total. The molecule has 1 atom stereocenters. The third kappa shape index (κ3) is 4.99. The number of amides is 1. The van der Waals surface area contributed by atoms with Crippen LogP contribution < -0.4 is 4.74 Å². The predicted molar refractivity (Wildman–Crippen MR) is 114 cm³/mol. The van der Waals surface area contributed by atoms with Gasteiger partial charge in [0.05, 0.1) is 17.9 Å². The zero-order valence-electron chi connectivity index (χ0n) is 17.7. The second-order valence-electron chi connectivity index (χ2n) is 7.80. The van der Waals surface area contributed by atoms with Gasteiger partial charge in [0, 0.05) is 38.1 Å². The van der Waals surface area contributed by atoms with Crippen molar-refractivity contribution in [2.75, 3.05) is 20.2 Å². The van der Waals surface area contributed by atoms with E-state index in [1.807, 2.05) is 30.9 Å². The largest absolute Gasteiger partial charge is 0.497 e. The van der Waals surface area contributed by atoms with E-state index in [4.69, 9.17) is 4.74 Å². The lowest BCUT2D eigenvalue weighted by Crippen LogP contribution is -2.48. The highest BCUT2D eigenvalue weighted by Gasteiger charge is 2.35. The van der Waals surface area contributed by atoms with Gasteiger partial charge in [-0.1, -0.05) is 6.07 Å². The smallest absolute Gasteiger partial charge is 0.243 e. The molecule has 0 saturated carbocycles. The Labute approximate surface area is 178 Å². The molecule has 1 aliphatic heterocycles. The Bertz CT molecular complexity index is 946. The number of ether oxygens (including phenoxy) is 1. The fourth-order valence-corrected chi connectivity index (χ4v) is 5.22. The molecule has 1 unspecified atom stereocenters. The minimum atomic E-state index is -3.66. The third-order valence-electron chi connectivity index (χ3n) is 5.41. The number of benzene rings is 1. The lowest BCUT2D eigenvalue weighted by atomic mass is 9.97. The Kier molecular flexibility index (Phi) is 7.10. The zero-order valence-corrected chi connectivity index (χ0v) is 18.5. The SMILES string of the molecule is COc1ccc(S(=O)(=O)N2CCCC(C(=O)N(Cc3cccnc3)C(C)C)C2)cc1. The minimum Gasteiger partial charge on any atom is -0.497 e. The van der Waals surface area contributed by atoms with Gasteiger partial charge in [0.15, 0.2) is 0 Å². The van der Waals surface area contributed by atoms with E-state index in [0.29, 0.717) is 31.7 Å². The van der Waals surface area contributed by atoms with Crippen LogP contribution in [0, 0.1) is 5.92 Å². The van der Waals surface area contributed by atoms with E-state index in [-0.39, 0.29) is 29.3 Å². The summed E-state index contributed by atoms with van der Waals surface area (Å²) in [7, 11) is -2.12. The first kappa shape index (κ1) is 22.2. The van der Waals surface area contributed by atoms with Crippen molar-refractivity contribution in [1.82, 2.24) is 14.2 Å². The fraction of sp³-hybridized carbons (Fsp3) is 0.455. The first-order valence-electron chi connectivity index (χ1n) is 10.2. The monoisotopic (exact) mass is 431 g/mol. The van der Waals surface area contributed by atoms with Gasteiger partial charge in [0.1, 0.15) is 5.75 Å². The van der Waals surface area contributed by atoms with Gasteiger partial charge < -0.3 is 9.64 Å². The highest BCUT2D eigenvalue weighted by Crippen LogP contribution is 2.27. The van der Waals surface area contributed by atoms with Crippen molar-refractivity contribution in [3.05, 3.63) is 54.4 Å². The number of carbonyl (C=O) groups excluding carboxylic acids is 1. The van der Waals surface area contributed by atoms with Crippen LogP contribution in [0.5, 0.6) is 5.75 Å². The number of methoxy groups -OCH3 is 1. The number of aromatic nitrogens is 1. The molecule has 1 aliphatic rings. The molecule has 1 aromatic carbocycles. The van der Waals surface area contributed by atoms with Crippen LogP contribution in [0.2, 0.25) is 0 Å². The van der Waals surface area contributed by atoms with Crippen LogP contribution in [-0.2, 0) is 21.4 Å². The molecular weight excluding hydrogens is 402 g/mol. The molecule has 3 rings (SSSR count). The first-order valence-corrected chi connectivity index (χ1v) is 11.6. The minimum absolute atomic E-state index is 0.00581. The lowest BCUT2D eigenvalue weighted by Gasteiger charge is -2.36. The molecule has 1 saturated heterocycles. The van der Waals surface area contributed by atoms with Crippen molar-refractivity contribution in [1.29, 1.82) is 0 Å². The van der Waals surface area contributed by atoms with Gasteiger partial charge in [0.25, 0.3) is 0 Å². The molecule has 0 bridgehead atoms. The van der Waals surface area contributed by atoms with Gasteiger partial charge in [-0.2, -0.15) is 4.31 Å². The molecule has 1 fully saturated rings. The van der Waals surface area contributed by atoms with Crippen LogP contribution in [0.15, 0.2) is 53.7 Å². The molecule has 0 spiro atoms. The van der Waals surface area contributed by atoms with Crippen LogP contribution in [0.3, 0.4) is 0 Å². The summed E-state index contributed by atoms with van der Waals surface area (Å²) in [5.41, 5.74) is 0.957. The average Bonchev–Trinajstić information content (AvgIpc) is 2.77. The first-order chi connectivity index (χ1) is 14.3. The summed E-state index contributed by atoms with van der Waals surface area (Å²) < 4.78 is 32.7. The molecule has 7 nitrogen and oxygen atoms in total. The van der Waals surface area contributed by atoms with Gasteiger partial charge in [-0.05, 0) is 62.6 Å². The Hall–Kier alpha value is -2.45. The van der Waals surface area contributed by atoms with Crippen molar-refractivity contribution in [2.24, 2.45) is 5.92 Å². The van der Waals surface area contributed by atoms with E-state index in [0.717, 1.165) is 5.56 Å². The van der Waals surface area contributed by atoms with E-state index >= 15 is 0 Å². The molecule has 1 aromatic heterocycles. The van der Waals surface area contributed by atoms with Crippen molar-refractivity contribution in [3.8, 4) is 5.75 Å². The van der Waals surface area contributed by atoms with Crippen LogP contribution in [0.1, 0.15) is 32.3 Å². The second kappa shape index (κ2) is 9.57. The summed E-state index contributed by atoms with van der Waals surface area (Å²) in [6.07, 6.45) is 4.80. The number of carbonyl (C=O) groups is 1. The van der Waals surface area contributed by atoms with Crippen LogP contribution in [-0.4, -0.2) is 54.8 Å². The van der Waals surface area contributed by atoms with Crippen molar-refractivity contribution >= 4 is 15.9 Å². The average molecular weight is 432 g/mol. The van der Waals surface area contributed by atoms with Crippen molar-refractivity contribution in [3.63, 3.8) is 0 Å². The normalized spacial score (nSPS) is 17.7. The van der Waals surface area contributed by atoms with Gasteiger partial charge >= 0.3 is 0 Å². The number of sulfonamides is 1. The number of hydrogen-bond donors (Lipinski definition) is 0. The maximum atomic E-state index is 13.3. The van der Waals surface area contributed by atoms with Gasteiger partial charge in [-0.25, -0.2) is 8.42 Å². The summed E-state index contributed by atoms with van der Waals surface area (Å²) in [5.74, 6) is 0.234. The summed E-state index contributed by atoms with van der Waals surface area (Å²) in [5, 5.41) is 0. The summed E-state index contributed by atoms with van der Waals surface area (Å²) in [4.78, 5) is 19.5. The van der Waals surface area contributed by atoms with Gasteiger partial charge in [-0.3, -0.25) is 9.78 Å². The number of piperidine rings is 1. The van der Waals surface area contributed by atoms with E-state index in [2.05, 4.69) is 4.98 Å². The molecule has 2 aromatic rings. The number of rotatable bonds is 7. The second-order valence-corrected chi connectivity index (χ2v) is 9.74. The molecule has 30 heavy (non-hydrogen) atoms. The molecule has 0 radical (unpaired) electrons. The van der Waals surface area contributed by atoms with E-state index in [9.17, 15) is 13.2 Å². The van der Waals surface area contributed by atoms with Gasteiger partial charge in [-0.15, -0.1) is 0 Å². The molecule has 1 amide bonds. The topological polar surface area (TPSA) is 79.8 Å². The molecule has 2 heterocycles. The molecule has 8 heteroatoms. The van der Waals surface area contributed by atoms with E-state index in [1.165, 1.54) is 11.4 Å². The Morgan fingerprint density at radius 2 is 2.00 bits per heavy atom. The van der Waals surface area contributed by atoms with Crippen LogP contribution in [0.25, 0.3) is 0 Å². The van der Waals surface area contributed by atoms with E-state index in [1.54, 1.807) is 36.7 Å². The summed E-state index contributed by atoms with van der Waals surface area (Å²) in [6, 6.07) is 10.2.